The van der Waals surface area contributed by atoms with Gasteiger partial charge in [0.25, 0.3) is 0 Å². The van der Waals surface area contributed by atoms with Gasteiger partial charge >= 0.3 is 0 Å². The number of hydrogen-bond acceptors (Lipinski definition) is 2. The molecule has 3 aromatic carbocycles. The minimum Gasteiger partial charge on any atom is -0.273 e. The normalized spacial score (nSPS) is 14.7. The summed E-state index contributed by atoms with van der Waals surface area (Å²) in [7, 11) is 0. The van der Waals surface area contributed by atoms with Crippen molar-refractivity contribution < 1.29 is 13.6 Å². The summed E-state index contributed by atoms with van der Waals surface area (Å²) in [5, 5.41) is 0.612. The zero-order valence-electron chi connectivity index (χ0n) is 16.8. The minimum absolute atomic E-state index is 0. The molecule has 0 bridgehead atoms. The molecule has 0 N–H and O–H groups in total. The molecule has 3 nitrogen and oxygen atoms in total. The summed E-state index contributed by atoms with van der Waals surface area (Å²) in [5.74, 6) is -1.62. The Bertz CT molecular complexity index is 1310. The molecule has 166 valence electrons. The molecule has 4 aromatic rings. The molecule has 0 saturated heterocycles. The third-order valence-corrected chi connectivity index (χ3v) is 5.80. The summed E-state index contributed by atoms with van der Waals surface area (Å²) in [4.78, 5) is 19.4. The van der Waals surface area contributed by atoms with Crippen molar-refractivity contribution in [1.29, 1.82) is 0 Å². The number of carbonyl (C=O) groups excluding carboxylic acids is 1. The molecular formula is C27H21ClF2N2O. The van der Waals surface area contributed by atoms with E-state index in [1.54, 1.807) is 29.3 Å². The molecule has 2 heterocycles. The van der Waals surface area contributed by atoms with Gasteiger partial charge in [0.1, 0.15) is 17.5 Å². The van der Waals surface area contributed by atoms with E-state index < -0.39 is 17.6 Å². The molecule has 6 heteroatoms. The Balaban J connectivity index is 0.00000259. The first-order valence-electron chi connectivity index (χ1n) is 10.1. The smallest absolute Gasteiger partial charge is 0.240 e. The van der Waals surface area contributed by atoms with Gasteiger partial charge in [0.15, 0.2) is 0 Å². The topological polar surface area (TPSA) is 33.2 Å². The van der Waals surface area contributed by atoms with Crippen LogP contribution in [0.5, 0.6) is 0 Å². The first-order valence-corrected chi connectivity index (χ1v) is 10.5. The van der Waals surface area contributed by atoms with Crippen LogP contribution in [0.3, 0.4) is 0 Å². The van der Waals surface area contributed by atoms with Crippen LogP contribution in [0, 0.1) is 11.6 Å². The molecular weight excluding hydrogens is 442 g/mol. The zero-order valence-corrected chi connectivity index (χ0v) is 17.6. The van der Waals surface area contributed by atoms with Crippen LogP contribution in [0.1, 0.15) is 24.5 Å². The Morgan fingerprint density at radius 3 is 2.33 bits per heavy atom. The number of aromatic nitrogens is 1. The van der Waals surface area contributed by atoms with E-state index >= 15 is 0 Å². The molecule has 1 aliphatic rings. The number of pyridine rings is 1. The van der Waals surface area contributed by atoms with E-state index in [9.17, 15) is 13.6 Å². The Morgan fingerprint density at radius 1 is 0.879 bits per heavy atom. The second-order valence-electron chi connectivity index (χ2n) is 7.68. The Morgan fingerprint density at radius 2 is 1.64 bits per heavy atom. The van der Waals surface area contributed by atoms with Gasteiger partial charge in [-0.3, -0.25) is 9.69 Å². The Hall–Kier alpha value is -3.57. The van der Waals surface area contributed by atoms with E-state index in [-0.39, 0.29) is 19.8 Å². The molecule has 1 atom stereocenters. The maximum Gasteiger partial charge on any atom is 0.240 e. The van der Waals surface area contributed by atoms with Crippen LogP contribution in [0.4, 0.5) is 20.3 Å². The Kier molecular flexibility index (Phi) is 6.25. The van der Waals surface area contributed by atoms with Gasteiger partial charge in [-0.25, -0.2) is 13.8 Å². The van der Waals surface area contributed by atoms with E-state index in [2.05, 4.69) is 4.98 Å². The maximum absolute atomic E-state index is 13.8. The molecule has 0 spiro atoms. The number of halogens is 3. The summed E-state index contributed by atoms with van der Waals surface area (Å²) in [6.07, 6.45) is 1.79. The van der Waals surface area contributed by atoms with Gasteiger partial charge in [-0.05, 0) is 77.2 Å². The monoisotopic (exact) mass is 462 g/mol. The van der Waals surface area contributed by atoms with E-state index in [1.807, 2.05) is 42.5 Å². The third-order valence-electron chi connectivity index (χ3n) is 5.56. The highest BCUT2D eigenvalue weighted by molar-refractivity contribution is 6.30. The van der Waals surface area contributed by atoms with Crippen LogP contribution in [-0.2, 0) is 11.2 Å². The second kappa shape index (κ2) is 9.12. The van der Waals surface area contributed by atoms with Gasteiger partial charge in [0.05, 0.1) is 11.6 Å². The number of amides is 1. The average Bonchev–Trinajstić information content (AvgIpc) is 3.04. The van der Waals surface area contributed by atoms with Crippen molar-refractivity contribution in [3.8, 4) is 11.1 Å². The lowest BCUT2D eigenvalue weighted by molar-refractivity contribution is -0.118. The molecule has 33 heavy (non-hydrogen) atoms. The molecule has 5 rings (SSSR count). The van der Waals surface area contributed by atoms with Gasteiger partial charge in [0, 0.05) is 17.3 Å². The van der Waals surface area contributed by atoms with Crippen molar-refractivity contribution in [1.82, 2.24) is 4.98 Å². The van der Waals surface area contributed by atoms with Crippen LogP contribution >= 0.6 is 11.6 Å². The van der Waals surface area contributed by atoms with E-state index in [0.717, 1.165) is 22.8 Å². The van der Waals surface area contributed by atoms with Crippen LogP contribution < -0.4 is 4.90 Å². The van der Waals surface area contributed by atoms with Crippen molar-refractivity contribution in [3.63, 3.8) is 0 Å². The number of carbonyl (C=O) groups is 1. The minimum atomic E-state index is -0.667. The summed E-state index contributed by atoms with van der Waals surface area (Å²) in [5.41, 5.74) is 3.73. The van der Waals surface area contributed by atoms with Gasteiger partial charge in [-0.1, -0.05) is 43.3 Å². The number of anilines is 2. The largest absolute Gasteiger partial charge is 0.273 e. The number of rotatable bonds is 4. The highest BCUT2D eigenvalue weighted by Gasteiger charge is 2.39. The highest BCUT2D eigenvalue weighted by atomic mass is 35.5. The maximum atomic E-state index is 13.8. The lowest BCUT2D eigenvalue weighted by atomic mass is 9.91. The predicted molar refractivity (Wildman–Crippen MR) is 128 cm³/mol. The standard InChI is InChI=1S/C26H17ClF2N2O.CH4/c27-19-5-3-4-17(13-19)18-7-8-24-22(14-18)23(12-16-10-20(28)15-21(29)11-16)26(32)31(24)25-6-1-2-9-30-25;/h1-11,13-15,23H,12H2;1H4. The van der Waals surface area contributed by atoms with Crippen molar-refractivity contribution in [3.05, 3.63) is 113 Å². The van der Waals surface area contributed by atoms with Crippen molar-refractivity contribution in [2.45, 2.75) is 19.8 Å². The molecule has 1 aliphatic heterocycles. The fourth-order valence-corrected chi connectivity index (χ4v) is 4.37. The first kappa shape index (κ1) is 22.6. The summed E-state index contributed by atoms with van der Waals surface area (Å²) < 4.78 is 27.6. The lowest BCUT2D eigenvalue weighted by Crippen LogP contribution is -2.25. The molecule has 0 aliphatic carbocycles. The highest BCUT2D eigenvalue weighted by Crippen LogP contribution is 2.44. The van der Waals surface area contributed by atoms with Crippen molar-refractivity contribution >= 4 is 29.0 Å². The van der Waals surface area contributed by atoms with Crippen LogP contribution in [0.15, 0.2) is 85.1 Å². The molecule has 1 amide bonds. The second-order valence-corrected chi connectivity index (χ2v) is 8.12. The van der Waals surface area contributed by atoms with E-state index in [0.29, 0.717) is 22.1 Å². The van der Waals surface area contributed by atoms with Crippen LogP contribution in [0.25, 0.3) is 11.1 Å². The Labute approximate surface area is 196 Å². The van der Waals surface area contributed by atoms with Crippen LogP contribution in [-0.4, -0.2) is 10.9 Å². The van der Waals surface area contributed by atoms with Gasteiger partial charge in [-0.15, -0.1) is 0 Å². The average molecular weight is 463 g/mol. The first-order chi connectivity index (χ1) is 15.5. The fraction of sp³-hybridized carbons (Fsp3) is 0.111. The van der Waals surface area contributed by atoms with Gasteiger partial charge in [0.2, 0.25) is 5.91 Å². The number of benzene rings is 3. The molecule has 1 aromatic heterocycles. The van der Waals surface area contributed by atoms with Gasteiger partial charge in [-0.2, -0.15) is 0 Å². The van der Waals surface area contributed by atoms with Crippen LogP contribution in [0.2, 0.25) is 5.02 Å². The third kappa shape index (κ3) is 4.37. The van der Waals surface area contributed by atoms with Crippen molar-refractivity contribution in [2.24, 2.45) is 0 Å². The number of hydrogen-bond donors (Lipinski definition) is 0. The van der Waals surface area contributed by atoms with E-state index in [4.69, 9.17) is 11.6 Å². The van der Waals surface area contributed by atoms with Gasteiger partial charge < -0.3 is 0 Å². The van der Waals surface area contributed by atoms with Crippen molar-refractivity contribution in [2.75, 3.05) is 4.90 Å². The number of fused-ring (bicyclic) bond motifs is 1. The number of nitrogens with zero attached hydrogens (tertiary/aromatic N) is 2. The quantitative estimate of drug-likeness (QED) is 0.318. The predicted octanol–water partition coefficient (Wildman–Crippen LogP) is 7.32. The SMILES string of the molecule is C.O=C1C(Cc2cc(F)cc(F)c2)c2cc(-c3cccc(Cl)c3)ccc2N1c1ccccn1. The molecule has 0 saturated carbocycles. The molecule has 1 unspecified atom stereocenters. The van der Waals surface area contributed by atoms with E-state index in [1.165, 1.54) is 12.1 Å². The summed E-state index contributed by atoms with van der Waals surface area (Å²) in [6.45, 7) is 0. The summed E-state index contributed by atoms with van der Waals surface area (Å²) in [6, 6.07) is 21.9. The zero-order chi connectivity index (χ0) is 22.2. The molecule has 0 fully saturated rings. The lowest BCUT2D eigenvalue weighted by Gasteiger charge is -2.17. The fourth-order valence-electron chi connectivity index (χ4n) is 4.18. The molecule has 0 radical (unpaired) electrons. The summed E-state index contributed by atoms with van der Waals surface area (Å²) >= 11 is 6.16.